The highest BCUT2D eigenvalue weighted by Gasteiger charge is 2.73. The number of fused-ring (bicyclic) bond motifs is 3. The molecule has 3 aliphatic carbocycles. The monoisotopic (exact) mass is 408 g/mol. The number of hydrogen-bond donors (Lipinski definition) is 0. The zero-order valence-electron chi connectivity index (χ0n) is 11.6. The van der Waals surface area contributed by atoms with Crippen molar-refractivity contribution in [2.75, 3.05) is 0 Å². The maximum atomic E-state index is 12.7. The molecule has 4 atom stereocenters. The summed E-state index contributed by atoms with van der Waals surface area (Å²) in [4.78, 5) is 25.3. The third-order valence-corrected chi connectivity index (χ3v) is 6.30. The van der Waals surface area contributed by atoms with Crippen LogP contribution in [0.2, 0.25) is 0 Å². The second kappa shape index (κ2) is 4.10. The van der Waals surface area contributed by atoms with Crippen molar-refractivity contribution in [3.8, 4) is 0 Å². The minimum absolute atomic E-state index is 0.143. The first-order valence-corrected chi connectivity index (χ1v) is 8.55. The molecule has 5 nitrogen and oxygen atoms in total. The highest BCUT2D eigenvalue weighted by Crippen LogP contribution is 2.73. The van der Waals surface area contributed by atoms with Gasteiger partial charge in [-0.1, -0.05) is 12.2 Å². The van der Waals surface area contributed by atoms with E-state index >= 15 is 0 Å². The first-order chi connectivity index (χ1) is 10.6. The van der Waals surface area contributed by atoms with E-state index in [1.165, 1.54) is 6.21 Å². The van der Waals surface area contributed by atoms with Crippen LogP contribution in [0.25, 0.3) is 0 Å². The van der Waals surface area contributed by atoms with Crippen molar-refractivity contribution in [3.05, 3.63) is 33.8 Å². The van der Waals surface area contributed by atoms with Gasteiger partial charge < -0.3 is 4.42 Å². The molecule has 1 saturated heterocycles. The lowest BCUT2D eigenvalue weighted by molar-refractivity contribution is -0.141. The van der Waals surface area contributed by atoms with Gasteiger partial charge in [0.25, 0.3) is 11.8 Å². The Kier molecular flexibility index (Phi) is 2.43. The lowest BCUT2D eigenvalue weighted by Gasteiger charge is -2.18. The maximum Gasteiger partial charge on any atom is 0.254 e. The van der Waals surface area contributed by atoms with E-state index in [4.69, 9.17) is 4.42 Å². The molecule has 4 unspecified atom stereocenters. The predicted octanol–water partition coefficient (Wildman–Crippen LogP) is 2.42. The highest BCUT2D eigenvalue weighted by molar-refractivity contribution is 14.1. The van der Waals surface area contributed by atoms with Crippen LogP contribution in [0.15, 0.2) is 33.8 Å². The van der Waals surface area contributed by atoms with E-state index in [9.17, 15) is 9.59 Å². The molecule has 6 heteroatoms. The number of hydrogen-bond acceptors (Lipinski definition) is 4. The standard InChI is InChI=1S/C16H13IN2O3/c17-11-4-1-8(22-11)7-18-19-14(20)12-9-2-3-10(13(12)15(19)21)16(9)5-6-16/h1-4,7,9-10,12-13H,5-6H2. The topological polar surface area (TPSA) is 62.9 Å². The highest BCUT2D eigenvalue weighted by atomic mass is 127. The van der Waals surface area contributed by atoms with E-state index in [1.807, 2.05) is 6.07 Å². The fourth-order valence-corrected chi connectivity index (χ4v) is 5.12. The quantitative estimate of drug-likeness (QED) is 0.327. The van der Waals surface area contributed by atoms with Crippen LogP contribution in [0.1, 0.15) is 18.6 Å². The Morgan fingerprint density at radius 3 is 2.32 bits per heavy atom. The van der Waals surface area contributed by atoms with Gasteiger partial charge in [-0.15, -0.1) is 0 Å². The number of carbonyl (C=O) groups is 2. The van der Waals surface area contributed by atoms with Crippen molar-refractivity contribution >= 4 is 40.6 Å². The van der Waals surface area contributed by atoms with E-state index in [1.54, 1.807) is 6.07 Å². The van der Waals surface area contributed by atoms with Crippen LogP contribution < -0.4 is 0 Å². The Labute approximate surface area is 140 Å². The molecule has 2 amide bonds. The number of furan rings is 1. The zero-order chi connectivity index (χ0) is 15.1. The number of imide groups is 1. The molecule has 1 aromatic rings. The van der Waals surface area contributed by atoms with E-state index in [0.29, 0.717) is 5.76 Å². The average molecular weight is 408 g/mol. The Bertz CT molecular complexity index is 727. The van der Waals surface area contributed by atoms with Gasteiger partial charge in [0.15, 0.2) is 3.77 Å². The molecule has 1 aliphatic heterocycles. The average Bonchev–Trinajstić information content (AvgIpc) is 2.87. The van der Waals surface area contributed by atoms with Crippen LogP contribution >= 0.6 is 22.6 Å². The molecular formula is C16H13IN2O3. The van der Waals surface area contributed by atoms with Crippen molar-refractivity contribution in [1.29, 1.82) is 0 Å². The van der Waals surface area contributed by atoms with Crippen molar-refractivity contribution in [1.82, 2.24) is 5.01 Å². The van der Waals surface area contributed by atoms with E-state index in [-0.39, 0.29) is 40.9 Å². The zero-order valence-corrected chi connectivity index (χ0v) is 13.8. The SMILES string of the molecule is O=C1C2C(C(=O)N1N=Cc1ccc(I)o1)C1C=CC2C12CC2. The molecule has 112 valence electrons. The van der Waals surface area contributed by atoms with Gasteiger partial charge in [0.1, 0.15) is 5.76 Å². The first kappa shape index (κ1) is 13.0. The van der Waals surface area contributed by atoms with Crippen LogP contribution in [0.3, 0.4) is 0 Å². The minimum Gasteiger partial charge on any atom is -0.449 e. The molecule has 22 heavy (non-hydrogen) atoms. The summed E-state index contributed by atoms with van der Waals surface area (Å²) in [6, 6.07) is 3.58. The number of hydrazone groups is 1. The molecule has 0 aromatic carbocycles. The Hall–Kier alpha value is -1.44. The van der Waals surface area contributed by atoms with Gasteiger partial charge in [0.2, 0.25) is 0 Å². The maximum absolute atomic E-state index is 12.7. The van der Waals surface area contributed by atoms with E-state index in [0.717, 1.165) is 21.6 Å². The molecule has 5 rings (SSSR count). The third kappa shape index (κ3) is 1.46. The summed E-state index contributed by atoms with van der Waals surface area (Å²) < 4.78 is 6.12. The van der Waals surface area contributed by atoms with Gasteiger partial charge >= 0.3 is 0 Å². The third-order valence-electron chi connectivity index (χ3n) is 5.72. The molecule has 1 aromatic heterocycles. The summed E-state index contributed by atoms with van der Waals surface area (Å²) in [5.41, 5.74) is 0.230. The molecule has 1 spiro atoms. The largest absolute Gasteiger partial charge is 0.449 e. The van der Waals surface area contributed by atoms with Crippen molar-refractivity contribution in [3.63, 3.8) is 0 Å². The fourth-order valence-electron chi connectivity index (χ4n) is 4.69. The van der Waals surface area contributed by atoms with Gasteiger partial charge in [-0.25, -0.2) is 0 Å². The van der Waals surface area contributed by atoms with Crippen molar-refractivity contribution < 1.29 is 14.0 Å². The molecular weight excluding hydrogens is 395 g/mol. The second-order valence-corrected chi connectivity index (χ2v) is 7.66. The predicted molar refractivity (Wildman–Crippen MR) is 85.6 cm³/mol. The van der Waals surface area contributed by atoms with Crippen LogP contribution in [0.5, 0.6) is 0 Å². The number of carbonyl (C=O) groups excluding carboxylic acids is 2. The molecule has 2 bridgehead atoms. The van der Waals surface area contributed by atoms with Crippen molar-refractivity contribution in [2.24, 2.45) is 34.2 Å². The van der Waals surface area contributed by atoms with Gasteiger partial charge in [-0.3, -0.25) is 9.59 Å². The Morgan fingerprint density at radius 2 is 1.82 bits per heavy atom. The number of amides is 2. The van der Waals surface area contributed by atoms with E-state index < -0.39 is 0 Å². The summed E-state index contributed by atoms with van der Waals surface area (Å²) in [6.07, 6.45) is 8.06. The van der Waals surface area contributed by atoms with Gasteiger partial charge in [-0.2, -0.15) is 10.1 Å². The van der Waals surface area contributed by atoms with Gasteiger partial charge in [0, 0.05) is 0 Å². The summed E-state index contributed by atoms with van der Waals surface area (Å²) in [5.74, 6) is 0.346. The van der Waals surface area contributed by atoms with Crippen LogP contribution in [0.4, 0.5) is 0 Å². The fraction of sp³-hybridized carbons (Fsp3) is 0.438. The Morgan fingerprint density at radius 1 is 1.18 bits per heavy atom. The minimum atomic E-state index is -0.195. The molecule has 2 heterocycles. The molecule has 3 fully saturated rings. The number of nitrogens with zero attached hydrogens (tertiary/aromatic N) is 2. The molecule has 2 saturated carbocycles. The molecule has 4 aliphatic rings. The summed E-state index contributed by atoms with van der Waals surface area (Å²) >= 11 is 2.06. The lowest BCUT2D eigenvalue weighted by atomic mass is 9.85. The van der Waals surface area contributed by atoms with Crippen molar-refractivity contribution in [2.45, 2.75) is 12.8 Å². The summed E-state index contributed by atoms with van der Waals surface area (Å²) in [7, 11) is 0. The van der Waals surface area contributed by atoms with Gasteiger partial charge in [-0.05, 0) is 64.8 Å². The Balaban J connectivity index is 1.45. The molecule has 0 N–H and O–H groups in total. The molecule has 0 radical (unpaired) electrons. The summed E-state index contributed by atoms with van der Waals surface area (Å²) in [5, 5.41) is 5.16. The lowest BCUT2D eigenvalue weighted by Crippen LogP contribution is -2.30. The van der Waals surface area contributed by atoms with Crippen LogP contribution in [-0.4, -0.2) is 23.0 Å². The first-order valence-electron chi connectivity index (χ1n) is 7.47. The number of rotatable bonds is 2. The normalized spacial score (nSPS) is 37.0. The summed E-state index contributed by atoms with van der Waals surface area (Å²) in [6.45, 7) is 0. The number of halogens is 1. The van der Waals surface area contributed by atoms with Crippen LogP contribution in [-0.2, 0) is 9.59 Å². The second-order valence-electron chi connectivity index (χ2n) is 6.60. The van der Waals surface area contributed by atoms with E-state index in [2.05, 4.69) is 39.8 Å². The van der Waals surface area contributed by atoms with Crippen LogP contribution in [0, 0.1) is 32.9 Å². The smallest absolute Gasteiger partial charge is 0.254 e. The number of allylic oxidation sites excluding steroid dienone is 2. The van der Waals surface area contributed by atoms with Gasteiger partial charge in [0.05, 0.1) is 18.1 Å².